The van der Waals surface area contributed by atoms with Gasteiger partial charge in [-0.05, 0) is 56.0 Å². The normalized spacial score (nSPS) is 15.0. The molecular weight excluding hydrogens is 523 g/mol. The molecule has 3 heterocycles. The number of carbonyl (C=O) groups is 1. The lowest BCUT2D eigenvalue weighted by Crippen LogP contribution is -2.41. The van der Waals surface area contributed by atoms with Crippen LogP contribution in [0.3, 0.4) is 0 Å². The number of nitrogens with zero attached hydrogens (tertiary/aromatic N) is 5. The van der Waals surface area contributed by atoms with Gasteiger partial charge in [-0.25, -0.2) is 19.0 Å². The number of halogens is 1. The third-order valence-corrected chi connectivity index (χ3v) is 7.54. The van der Waals surface area contributed by atoms with Gasteiger partial charge < -0.3 is 10.1 Å². The number of hydrogen-bond acceptors (Lipinski definition) is 7. The number of ether oxygens (including phenoxy) is 1. The fourth-order valence-corrected chi connectivity index (χ4v) is 5.49. The highest BCUT2D eigenvalue weighted by Crippen LogP contribution is 2.32. The van der Waals surface area contributed by atoms with Crippen LogP contribution in [-0.4, -0.2) is 56.4 Å². The van der Waals surface area contributed by atoms with Crippen LogP contribution >= 0.6 is 0 Å². The summed E-state index contributed by atoms with van der Waals surface area (Å²) in [7, 11) is 1.86. The van der Waals surface area contributed by atoms with Gasteiger partial charge in [0.25, 0.3) is 5.56 Å². The molecule has 1 saturated heterocycles. The fourth-order valence-electron chi connectivity index (χ4n) is 5.49. The monoisotopic (exact) mass is 558 g/mol. The molecule has 2 aromatic carbocycles. The number of carbonyl (C=O) groups excluding carboxylic acids is 1. The molecule has 1 N–H and O–H groups in total. The van der Waals surface area contributed by atoms with E-state index in [4.69, 9.17) is 9.72 Å². The summed E-state index contributed by atoms with van der Waals surface area (Å²) in [6.45, 7) is 5.77. The summed E-state index contributed by atoms with van der Waals surface area (Å²) in [6, 6.07) is 17.7. The Hall–Kier alpha value is -4.31. The topological polar surface area (TPSA) is 94.3 Å². The Balaban J connectivity index is 1.49. The van der Waals surface area contributed by atoms with E-state index in [-0.39, 0.29) is 36.0 Å². The van der Waals surface area contributed by atoms with Crippen molar-refractivity contribution in [3.8, 4) is 22.5 Å². The van der Waals surface area contributed by atoms with Crippen LogP contribution in [-0.2, 0) is 16.6 Å². The number of benzene rings is 2. The lowest BCUT2D eigenvalue weighted by Gasteiger charge is -2.32. The molecule has 1 unspecified atom stereocenters. The van der Waals surface area contributed by atoms with Crippen LogP contribution in [0.4, 0.5) is 10.3 Å². The van der Waals surface area contributed by atoms with Gasteiger partial charge in [-0.15, -0.1) is 0 Å². The molecule has 0 bridgehead atoms. The maximum absolute atomic E-state index is 14.1. The first-order valence-corrected chi connectivity index (χ1v) is 14.0. The van der Waals surface area contributed by atoms with Gasteiger partial charge in [0.15, 0.2) is 0 Å². The lowest BCUT2D eigenvalue weighted by molar-refractivity contribution is -0.144. The number of likely N-dealkylation sites (tertiary alicyclic amines) is 1. The highest BCUT2D eigenvalue weighted by Gasteiger charge is 2.29. The zero-order chi connectivity index (χ0) is 28.9. The van der Waals surface area contributed by atoms with E-state index in [1.54, 1.807) is 36.0 Å². The van der Waals surface area contributed by atoms with E-state index >= 15 is 0 Å². The predicted octanol–water partition coefficient (Wildman–Crippen LogP) is 4.82. The molecule has 4 aromatic rings. The van der Waals surface area contributed by atoms with Crippen LogP contribution in [0.1, 0.15) is 44.3 Å². The number of rotatable bonds is 9. The Bertz CT molecular complexity index is 1540. The highest BCUT2D eigenvalue weighted by atomic mass is 19.1. The van der Waals surface area contributed by atoms with E-state index < -0.39 is 0 Å². The Morgan fingerprint density at radius 2 is 1.80 bits per heavy atom. The molecule has 5 rings (SSSR count). The average molecular weight is 559 g/mol. The highest BCUT2D eigenvalue weighted by molar-refractivity contribution is 5.79. The third kappa shape index (κ3) is 6.22. The van der Waals surface area contributed by atoms with Crippen molar-refractivity contribution in [3.63, 3.8) is 0 Å². The van der Waals surface area contributed by atoms with Gasteiger partial charge in [-0.2, -0.15) is 0 Å². The fraction of sp³-hybridized carbons (Fsp3) is 0.355. The molecule has 2 aromatic heterocycles. The van der Waals surface area contributed by atoms with Crippen LogP contribution in [0.2, 0.25) is 0 Å². The first-order chi connectivity index (χ1) is 19.9. The van der Waals surface area contributed by atoms with E-state index in [2.05, 4.69) is 15.2 Å². The Morgan fingerprint density at radius 1 is 1.10 bits per heavy atom. The molecule has 1 atom stereocenters. The van der Waals surface area contributed by atoms with Gasteiger partial charge in [0, 0.05) is 26.3 Å². The van der Waals surface area contributed by atoms with Crippen LogP contribution in [0.25, 0.3) is 22.5 Å². The second-order valence-electron chi connectivity index (χ2n) is 10.3. The molecule has 10 heteroatoms. The molecule has 0 spiro atoms. The summed E-state index contributed by atoms with van der Waals surface area (Å²) in [4.78, 5) is 37.3. The van der Waals surface area contributed by atoms with Gasteiger partial charge in [0.1, 0.15) is 5.82 Å². The number of nitrogens with one attached hydrogen (secondary N) is 1. The largest absolute Gasteiger partial charge is 0.465 e. The van der Waals surface area contributed by atoms with Gasteiger partial charge >= 0.3 is 5.97 Å². The summed E-state index contributed by atoms with van der Waals surface area (Å²) in [5.74, 6) is -0.169. The van der Waals surface area contributed by atoms with Crippen LogP contribution < -0.4 is 10.9 Å². The van der Waals surface area contributed by atoms with Crippen molar-refractivity contribution in [2.45, 2.75) is 38.8 Å². The summed E-state index contributed by atoms with van der Waals surface area (Å²) >= 11 is 0. The van der Waals surface area contributed by atoms with Gasteiger partial charge in [-0.1, -0.05) is 42.5 Å². The summed E-state index contributed by atoms with van der Waals surface area (Å²) in [5, 5.41) is 3.36. The van der Waals surface area contributed by atoms with E-state index in [1.165, 1.54) is 12.1 Å². The second-order valence-corrected chi connectivity index (χ2v) is 10.3. The Morgan fingerprint density at radius 3 is 2.49 bits per heavy atom. The van der Waals surface area contributed by atoms with Crippen LogP contribution in [0.5, 0.6) is 0 Å². The number of piperidine rings is 1. The van der Waals surface area contributed by atoms with Crippen molar-refractivity contribution in [2.24, 2.45) is 7.05 Å². The smallest absolute Gasteiger partial charge is 0.320 e. The Kier molecular flexibility index (Phi) is 8.58. The zero-order valence-corrected chi connectivity index (χ0v) is 23.6. The third-order valence-electron chi connectivity index (χ3n) is 7.54. The molecule has 0 aliphatic carbocycles. The summed E-state index contributed by atoms with van der Waals surface area (Å²) in [5.41, 5.74) is 3.23. The molecule has 41 heavy (non-hydrogen) atoms. The van der Waals surface area contributed by atoms with Crippen molar-refractivity contribution < 1.29 is 13.9 Å². The number of anilines is 1. The minimum atomic E-state index is -0.371. The van der Waals surface area contributed by atoms with Crippen molar-refractivity contribution >= 4 is 11.9 Å². The van der Waals surface area contributed by atoms with Crippen molar-refractivity contribution in [3.05, 3.63) is 88.6 Å². The summed E-state index contributed by atoms with van der Waals surface area (Å²) in [6.07, 6.45) is 3.07. The van der Waals surface area contributed by atoms with Crippen molar-refractivity contribution in [1.29, 1.82) is 0 Å². The minimum Gasteiger partial charge on any atom is -0.465 e. The number of esters is 1. The SMILES string of the molecule is CCOC(=O)CN1CCC(n2c(=O)c(-c3ccc(F)cc3)c(-c3ccnc(NC(C)c4ccccc4)n3)n2C)CC1. The Labute approximate surface area is 238 Å². The van der Waals surface area contributed by atoms with E-state index in [9.17, 15) is 14.0 Å². The minimum absolute atomic E-state index is 0.0313. The molecule has 1 fully saturated rings. The quantitative estimate of drug-likeness (QED) is 0.294. The average Bonchev–Trinajstić information content (AvgIpc) is 3.24. The second kappa shape index (κ2) is 12.5. The van der Waals surface area contributed by atoms with E-state index in [1.807, 2.05) is 49.0 Å². The maximum Gasteiger partial charge on any atom is 0.320 e. The molecule has 1 aliphatic heterocycles. The number of hydrogen-bond donors (Lipinski definition) is 1. The molecule has 9 nitrogen and oxygen atoms in total. The molecule has 0 amide bonds. The van der Waals surface area contributed by atoms with Gasteiger partial charge in [0.2, 0.25) is 5.95 Å². The first-order valence-electron chi connectivity index (χ1n) is 14.0. The van der Waals surface area contributed by atoms with Crippen molar-refractivity contribution in [1.82, 2.24) is 24.2 Å². The molecule has 0 saturated carbocycles. The van der Waals surface area contributed by atoms with E-state index in [0.717, 1.165) is 5.56 Å². The maximum atomic E-state index is 14.1. The molecule has 1 aliphatic rings. The zero-order valence-electron chi connectivity index (χ0n) is 23.6. The molecule has 0 radical (unpaired) electrons. The predicted molar refractivity (Wildman–Crippen MR) is 156 cm³/mol. The van der Waals surface area contributed by atoms with Crippen molar-refractivity contribution in [2.75, 3.05) is 31.6 Å². The van der Waals surface area contributed by atoms with Gasteiger partial charge in [-0.3, -0.25) is 19.2 Å². The molecular formula is C31H35FN6O3. The first kappa shape index (κ1) is 28.2. The van der Waals surface area contributed by atoms with Crippen LogP contribution in [0.15, 0.2) is 71.7 Å². The van der Waals surface area contributed by atoms with Gasteiger partial charge in [0.05, 0.1) is 42.2 Å². The summed E-state index contributed by atoms with van der Waals surface area (Å²) < 4.78 is 22.6. The van der Waals surface area contributed by atoms with Crippen LogP contribution in [0, 0.1) is 5.82 Å². The molecule has 214 valence electrons. The lowest BCUT2D eigenvalue weighted by atomic mass is 10.0. The number of aromatic nitrogens is 4. The van der Waals surface area contributed by atoms with E-state index in [0.29, 0.717) is 61.0 Å². The standard InChI is InChI=1S/C31H35FN6O3/c1-4-41-27(39)20-37-18-15-25(16-19-37)38-30(40)28(23-10-12-24(32)13-11-23)29(36(38)3)26-14-17-33-31(35-26)34-21(2)22-8-6-5-7-9-22/h5-14,17,21,25H,4,15-16,18-20H2,1-3H3,(H,33,34,35).